The maximum absolute atomic E-state index is 13.6. The standard InChI is InChI=1S/C14H16ClFN2O4/c1-8(10-4-9(16)5-12(15)11(10)7-19)18-3-2-17(14(21)22)6-13(18)20/h4-5,8,19H,2-3,6-7H2,1H3,(H,21,22). The van der Waals surface area contributed by atoms with E-state index in [0.717, 1.165) is 11.0 Å². The molecule has 1 saturated heterocycles. The SMILES string of the molecule is CC(c1cc(F)cc(Cl)c1CO)N1CCN(C(=O)O)CC1=O. The van der Waals surface area contributed by atoms with Crippen LogP contribution in [0.1, 0.15) is 24.1 Å². The van der Waals surface area contributed by atoms with Gasteiger partial charge in [-0.2, -0.15) is 0 Å². The number of piperazine rings is 1. The molecule has 0 aliphatic carbocycles. The van der Waals surface area contributed by atoms with Gasteiger partial charge in [0.05, 0.1) is 12.6 Å². The molecule has 0 spiro atoms. The summed E-state index contributed by atoms with van der Waals surface area (Å²) in [5, 5.41) is 18.4. The number of benzene rings is 1. The van der Waals surface area contributed by atoms with Gasteiger partial charge in [0.15, 0.2) is 0 Å². The van der Waals surface area contributed by atoms with E-state index in [9.17, 15) is 19.1 Å². The van der Waals surface area contributed by atoms with Crippen molar-refractivity contribution in [3.8, 4) is 0 Å². The van der Waals surface area contributed by atoms with Gasteiger partial charge in [-0.25, -0.2) is 9.18 Å². The first-order chi connectivity index (χ1) is 10.3. The third kappa shape index (κ3) is 3.15. The molecule has 1 aliphatic rings. The lowest BCUT2D eigenvalue weighted by atomic mass is 9.99. The van der Waals surface area contributed by atoms with Crippen LogP contribution in [0.5, 0.6) is 0 Å². The summed E-state index contributed by atoms with van der Waals surface area (Å²) in [5.74, 6) is -0.925. The van der Waals surface area contributed by atoms with E-state index in [2.05, 4.69) is 0 Å². The smallest absolute Gasteiger partial charge is 0.407 e. The van der Waals surface area contributed by atoms with E-state index in [-0.39, 0.29) is 37.2 Å². The second kappa shape index (κ2) is 6.50. The minimum absolute atomic E-state index is 0.0981. The lowest BCUT2D eigenvalue weighted by Crippen LogP contribution is -2.52. The quantitative estimate of drug-likeness (QED) is 0.886. The van der Waals surface area contributed by atoms with Crippen molar-refractivity contribution in [1.82, 2.24) is 9.80 Å². The van der Waals surface area contributed by atoms with Crippen molar-refractivity contribution < 1.29 is 24.2 Å². The van der Waals surface area contributed by atoms with Crippen LogP contribution in [-0.2, 0) is 11.4 Å². The average molecular weight is 331 g/mol. The molecule has 0 bridgehead atoms. The fourth-order valence-corrected chi connectivity index (χ4v) is 2.86. The Bertz CT molecular complexity index is 611. The molecule has 2 rings (SSSR count). The molecule has 0 aromatic heterocycles. The van der Waals surface area contributed by atoms with Crippen LogP contribution >= 0.6 is 11.6 Å². The van der Waals surface area contributed by atoms with Crippen molar-refractivity contribution in [2.24, 2.45) is 0 Å². The van der Waals surface area contributed by atoms with Crippen LogP contribution in [0.4, 0.5) is 9.18 Å². The molecule has 1 atom stereocenters. The third-order valence-electron chi connectivity index (χ3n) is 3.80. The van der Waals surface area contributed by atoms with Gasteiger partial charge in [0.2, 0.25) is 5.91 Å². The van der Waals surface area contributed by atoms with E-state index in [1.165, 1.54) is 11.0 Å². The Morgan fingerprint density at radius 1 is 1.45 bits per heavy atom. The van der Waals surface area contributed by atoms with Crippen LogP contribution in [0, 0.1) is 5.82 Å². The average Bonchev–Trinajstić information content (AvgIpc) is 2.45. The van der Waals surface area contributed by atoms with E-state index >= 15 is 0 Å². The maximum Gasteiger partial charge on any atom is 0.407 e. The summed E-state index contributed by atoms with van der Waals surface area (Å²) in [6, 6.07) is 1.82. The van der Waals surface area contributed by atoms with Crippen LogP contribution in [0.3, 0.4) is 0 Å². The molecule has 1 unspecified atom stereocenters. The largest absolute Gasteiger partial charge is 0.465 e. The normalized spacial score (nSPS) is 16.8. The molecule has 6 nitrogen and oxygen atoms in total. The summed E-state index contributed by atoms with van der Waals surface area (Å²) in [5.41, 5.74) is 0.786. The summed E-state index contributed by atoms with van der Waals surface area (Å²) in [6.07, 6.45) is -1.15. The minimum atomic E-state index is -1.15. The molecule has 2 N–H and O–H groups in total. The van der Waals surface area contributed by atoms with Crippen molar-refractivity contribution in [3.63, 3.8) is 0 Å². The van der Waals surface area contributed by atoms with Gasteiger partial charge in [-0.1, -0.05) is 11.6 Å². The zero-order valence-electron chi connectivity index (χ0n) is 11.9. The number of hydrogen-bond donors (Lipinski definition) is 2. The minimum Gasteiger partial charge on any atom is -0.465 e. The number of carboxylic acid groups (broad SMARTS) is 1. The zero-order chi connectivity index (χ0) is 16.4. The molecule has 22 heavy (non-hydrogen) atoms. The molecule has 0 radical (unpaired) electrons. The number of amides is 2. The molecular formula is C14H16ClFN2O4. The second-order valence-electron chi connectivity index (χ2n) is 5.08. The number of carbonyl (C=O) groups excluding carboxylic acids is 1. The van der Waals surface area contributed by atoms with Gasteiger partial charge >= 0.3 is 6.09 Å². The Morgan fingerprint density at radius 2 is 2.14 bits per heavy atom. The zero-order valence-corrected chi connectivity index (χ0v) is 12.7. The van der Waals surface area contributed by atoms with Crippen LogP contribution in [0.2, 0.25) is 5.02 Å². The molecule has 1 fully saturated rings. The summed E-state index contributed by atoms with van der Waals surface area (Å²) >= 11 is 5.93. The number of carbonyl (C=O) groups is 2. The van der Waals surface area contributed by atoms with Crippen molar-refractivity contribution in [3.05, 3.63) is 34.1 Å². The van der Waals surface area contributed by atoms with Crippen LogP contribution in [0.25, 0.3) is 0 Å². The van der Waals surface area contributed by atoms with Crippen molar-refractivity contribution in [2.75, 3.05) is 19.6 Å². The van der Waals surface area contributed by atoms with Crippen molar-refractivity contribution in [2.45, 2.75) is 19.6 Å². The van der Waals surface area contributed by atoms with Gasteiger partial charge in [0.25, 0.3) is 0 Å². The van der Waals surface area contributed by atoms with Gasteiger partial charge in [-0.15, -0.1) is 0 Å². The van der Waals surface area contributed by atoms with Crippen LogP contribution in [0.15, 0.2) is 12.1 Å². The van der Waals surface area contributed by atoms with E-state index in [0.29, 0.717) is 11.1 Å². The second-order valence-corrected chi connectivity index (χ2v) is 5.49. The number of aliphatic hydroxyl groups excluding tert-OH is 1. The Kier molecular flexibility index (Phi) is 4.87. The monoisotopic (exact) mass is 330 g/mol. The Hall–Kier alpha value is -1.86. The molecule has 0 saturated carbocycles. The first-order valence-electron chi connectivity index (χ1n) is 6.71. The Morgan fingerprint density at radius 3 is 2.68 bits per heavy atom. The predicted molar refractivity (Wildman–Crippen MR) is 77.1 cm³/mol. The topological polar surface area (TPSA) is 81.1 Å². The highest BCUT2D eigenvalue weighted by atomic mass is 35.5. The Labute approximate surface area is 131 Å². The van der Waals surface area contributed by atoms with Crippen molar-refractivity contribution >= 4 is 23.6 Å². The van der Waals surface area contributed by atoms with Gasteiger partial charge in [0, 0.05) is 23.7 Å². The van der Waals surface area contributed by atoms with E-state index in [4.69, 9.17) is 16.7 Å². The van der Waals surface area contributed by atoms with Crippen LogP contribution in [-0.4, -0.2) is 51.6 Å². The van der Waals surface area contributed by atoms with Gasteiger partial charge < -0.3 is 15.1 Å². The number of rotatable bonds is 3. The molecule has 120 valence electrons. The van der Waals surface area contributed by atoms with E-state index < -0.39 is 18.0 Å². The third-order valence-corrected chi connectivity index (χ3v) is 4.14. The number of nitrogens with zero attached hydrogens (tertiary/aromatic N) is 2. The predicted octanol–water partition coefficient (Wildman–Crippen LogP) is 1.85. The number of halogens is 2. The fraction of sp³-hybridized carbons (Fsp3) is 0.429. The number of aliphatic hydroxyl groups is 1. The number of hydrogen-bond acceptors (Lipinski definition) is 3. The highest BCUT2D eigenvalue weighted by molar-refractivity contribution is 6.31. The first-order valence-corrected chi connectivity index (χ1v) is 7.09. The molecular weight excluding hydrogens is 315 g/mol. The lowest BCUT2D eigenvalue weighted by Gasteiger charge is -2.37. The van der Waals surface area contributed by atoms with E-state index in [1.807, 2.05) is 0 Å². The van der Waals surface area contributed by atoms with Gasteiger partial charge in [-0.05, 0) is 24.6 Å². The summed E-state index contributed by atoms with van der Waals surface area (Å²) < 4.78 is 13.6. The highest BCUT2D eigenvalue weighted by Gasteiger charge is 2.31. The molecule has 1 aliphatic heterocycles. The molecule has 1 heterocycles. The summed E-state index contributed by atoms with van der Waals surface area (Å²) in [6.45, 7) is 1.46. The van der Waals surface area contributed by atoms with Gasteiger partial charge in [-0.3, -0.25) is 9.69 Å². The van der Waals surface area contributed by atoms with E-state index in [1.54, 1.807) is 6.92 Å². The molecule has 8 heteroatoms. The summed E-state index contributed by atoms with van der Waals surface area (Å²) in [7, 11) is 0. The maximum atomic E-state index is 13.6. The fourth-order valence-electron chi connectivity index (χ4n) is 2.59. The van der Waals surface area contributed by atoms with Crippen LogP contribution < -0.4 is 0 Å². The first kappa shape index (κ1) is 16.5. The Balaban J connectivity index is 2.27. The van der Waals surface area contributed by atoms with Gasteiger partial charge in [0.1, 0.15) is 12.4 Å². The lowest BCUT2D eigenvalue weighted by molar-refractivity contribution is -0.137. The van der Waals surface area contributed by atoms with Crippen molar-refractivity contribution in [1.29, 1.82) is 0 Å². The highest BCUT2D eigenvalue weighted by Crippen LogP contribution is 2.31. The summed E-state index contributed by atoms with van der Waals surface area (Å²) in [4.78, 5) is 25.5. The molecule has 1 aromatic rings. The molecule has 1 aromatic carbocycles. The molecule has 2 amide bonds.